The Hall–Kier alpha value is -2.40. The summed E-state index contributed by atoms with van der Waals surface area (Å²) in [6, 6.07) is 12.3. The van der Waals surface area contributed by atoms with Crippen LogP contribution >= 0.6 is 0 Å². The van der Waals surface area contributed by atoms with Crippen molar-refractivity contribution in [2.45, 2.75) is 25.3 Å². The largest absolute Gasteiger partial charge is 0.336 e. The number of amides is 1. The summed E-state index contributed by atoms with van der Waals surface area (Å²) in [5.41, 5.74) is 3.34. The van der Waals surface area contributed by atoms with E-state index in [0.717, 1.165) is 39.0 Å². The Labute approximate surface area is 147 Å². The Morgan fingerprint density at radius 2 is 1.76 bits per heavy atom. The molecule has 25 heavy (non-hydrogen) atoms. The maximum atomic E-state index is 12.5. The van der Waals surface area contributed by atoms with Gasteiger partial charge in [-0.2, -0.15) is 0 Å². The van der Waals surface area contributed by atoms with Crippen LogP contribution in [0.2, 0.25) is 0 Å². The van der Waals surface area contributed by atoms with Crippen LogP contribution in [-0.2, 0) is 12.8 Å². The SMILES string of the molecule is O=C(c1ccc(=O)[nH]c1)N1CCN([C@@H]2CCc3ccccc3C2)CC1. The van der Waals surface area contributed by atoms with Crippen molar-refractivity contribution in [3.8, 4) is 0 Å². The van der Waals surface area contributed by atoms with Crippen molar-refractivity contribution >= 4 is 5.91 Å². The molecule has 2 aliphatic rings. The van der Waals surface area contributed by atoms with Gasteiger partial charge in [0.1, 0.15) is 0 Å². The lowest BCUT2D eigenvalue weighted by molar-refractivity contribution is 0.0552. The highest BCUT2D eigenvalue weighted by atomic mass is 16.2. The molecule has 1 aliphatic heterocycles. The zero-order valence-corrected chi connectivity index (χ0v) is 14.3. The Kier molecular flexibility index (Phi) is 4.40. The minimum Gasteiger partial charge on any atom is -0.336 e. The molecule has 2 aromatic rings. The number of benzene rings is 1. The van der Waals surface area contributed by atoms with E-state index in [2.05, 4.69) is 34.1 Å². The molecule has 1 atom stereocenters. The first-order valence-corrected chi connectivity index (χ1v) is 8.99. The van der Waals surface area contributed by atoms with Gasteiger partial charge < -0.3 is 9.88 Å². The molecule has 0 unspecified atom stereocenters. The van der Waals surface area contributed by atoms with Gasteiger partial charge >= 0.3 is 0 Å². The second kappa shape index (κ2) is 6.84. The number of carbonyl (C=O) groups is 1. The number of nitrogens with zero attached hydrogens (tertiary/aromatic N) is 2. The normalized spacial score (nSPS) is 21.0. The lowest BCUT2D eigenvalue weighted by Gasteiger charge is -2.41. The van der Waals surface area contributed by atoms with Gasteiger partial charge in [0.25, 0.3) is 5.91 Å². The highest BCUT2D eigenvalue weighted by Crippen LogP contribution is 2.25. The van der Waals surface area contributed by atoms with E-state index in [1.165, 1.54) is 29.8 Å². The summed E-state index contributed by atoms with van der Waals surface area (Å²) in [4.78, 5) is 30.7. The Morgan fingerprint density at radius 3 is 2.48 bits per heavy atom. The van der Waals surface area contributed by atoms with Crippen molar-refractivity contribution in [3.63, 3.8) is 0 Å². The molecule has 0 spiro atoms. The molecular formula is C20H23N3O2. The highest BCUT2D eigenvalue weighted by molar-refractivity contribution is 5.93. The van der Waals surface area contributed by atoms with Crippen molar-refractivity contribution in [1.29, 1.82) is 0 Å². The number of rotatable bonds is 2. The molecule has 0 bridgehead atoms. The fourth-order valence-electron chi connectivity index (χ4n) is 4.01. The van der Waals surface area contributed by atoms with Crippen molar-refractivity contribution in [2.75, 3.05) is 26.2 Å². The summed E-state index contributed by atoms with van der Waals surface area (Å²) in [6.45, 7) is 3.33. The number of pyridine rings is 1. The van der Waals surface area contributed by atoms with Crippen molar-refractivity contribution < 1.29 is 4.79 Å². The number of nitrogens with one attached hydrogen (secondary N) is 1. The van der Waals surface area contributed by atoms with Gasteiger partial charge in [-0.15, -0.1) is 0 Å². The smallest absolute Gasteiger partial charge is 0.255 e. The molecule has 130 valence electrons. The first-order chi connectivity index (χ1) is 12.2. The van der Waals surface area contributed by atoms with Crippen LogP contribution in [0.25, 0.3) is 0 Å². The van der Waals surface area contributed by atoms with Crippen LogP contribution in [0.15, 0.2) is 47.4 Å². The molecule has 1 aromatic carbocycles. The molecular weight excluding hydrogens is 314 g/mol. The van der Waals surface area contributed by atoms with E-state index < -0.39 is 0 Å². The van der Waals surface area contributed by atoms with E-state index in [0.29, 0.717) is 11.6 Å². The first kappa shape index (κ1) is 16.1. The number of piperazine rings is 1. The van der Waals surface area contributed by atoms with Crippen LogP contribution in [0.1, 0.15) is 27.9 Å². The molecule has 1 N–H and O–H groups in total. The Balaban J connectivity index is 1.36. The third-order valence-electron chi connectivity index (χ3n) is 5.47. The quantitative estimate of drug-likeness (QED) is 0.907. The molecule has 4 rings (SSSR count). The van der Waals surface area contributed by atoms with Crippen molar-refractivity contribution in [3.05, 3.63) is 69.6 Å². The molecule has 5 nitrogen and oxygen atoms in total. The van der Waals surface area contributed by atoms with Crippen molar-refractivity contribution in [2.24, 2.45) is 0 Å². The van der Waals surface area contributed by atoms with Gasteiger partial charge in [-0.25, -0.2) is 0 Å². The van der Waals surface area contributed by atoms with E-state index in [4.69, 9.17) is 0 Å². The van der Waals surface area contributed by atoms with Crippen LogP contribution in [0, 0.1) is 0 Å². The highest BCUT2D eigenvalue weighted by Gasteiger charge is 2.28. The number of fused-ring (bicyclic) bond motifs is 1. The predicted molar refractivity (Wildman–Crippen MR) is 96.8 cm³/mol. The van der Waals surface area contributed by atoms with Crippen LogP contribution in [0.4, 0.5) is 0 Å². The third-order valence-corrected chi connectivity index (χ3v) is 5.47. The summed E-state index contributed by atoms with van der Waals surface area (Å²) < 4.78 is 0. The van der Waals surface area contributed by atoms with Crippen molar-refractivity contribution in [1.82, 2.24) is 14.8 Å². The maximum absolute atomic E-state index is 12.5. The average molecular weight is 337 g/mol. The standard InChI is InChI=1S/C20H23N3O2/c24-19-8-6-17(14-21-19)20(25)23-11-9-22(10-12-23)18-7-5-15-3-1-2-4-16(15)13-18/h1-4,6,8,14,18H,5,7,9-13H2,(H,21,24)/t18-/m1/s1. The summed E-state index contributed by atoms with van der Waals surface area (Å²) in [6.07, 6.45) is 4.97. The molecule has 1 fully saturated rings. The molecule has 1 amide bonds. The summed E-state index contributed by atoms with van der Waals surface area (Å²) in [5, 5.41) is 0. The average Bonchev–Trinajstić information content (AvgIpc) is 2.68. The number of hydrogen-bond donors (Lipinski definition) is 1. The number of aromatic amines is 1. The number of aryl methyl sites for hydroxylation is 1. The summed E-state index contributed by atoms with van der Waals surface area (Å²) >= 11 is 0. The number of H-pyrrole nitrogens is 1. The van der Waals surface area contributed by atoms with Crippen LogP contribution < -0.4 is 5.56 Å². The Morgan fingerprint density at radius 1 is 1.00 bits per heavy atom. The van der Waals surface area contributed by atoms with Gasteiger partial charge in [0.15, 0.2) is 0 Å². The molecule has 0 saturated carbocycles. The maximum Gasteiger partial charge on any atom is 0.255 e. The minimum absolute atomic E-state index is 0.00453. The second-order valence-electron chi connectivity index (χ2n) is 6.94. The lowest BCUT2D eigenvalue weighted by atomic mass is 9.87. The Bertz CT molecular complexity index is 801. The third kappa shape index (κ3) is 3.37. The zero-order chi connectivity index (χ0) is 17.2. The number of carbonyl (C=O) groups excluding carboxylic acids is 1. The predicted octanol–water partition coefficient (Wildman–Crippen LogP) is 1.69. The topological polar surface area (TPSA) is 56.4 Å². The molecule has 2 heterocycles. The summed E-state index contributed by atoms with van der Waals surface area (Å²) in [5.74, 6) is 0.00453. The van der Waals surface area contributed by atoms with E-state index in [1.54, 1.807) is 6.07 Å². The minimum atomic E-state index is -0.182. The van der Waals surface area contributed by atoms with Crippen LogP contribution in [-0.4, -0.2) is 52.9 Å². The van der Waals surface area contributed by atoms with Crippen LogP contribution in [0.3, 0.4) is 0 Å². The van der Waals surface area contributed by atoms with E-state index in [1.807, 2.05) is 4.90 Å². The second-order valence-corrected chi connectivity index (χ2v) is 6.94. The van der Waals surface area contributed by atoms with Gasteiger partial charge in [0.2, 0.25) is 5.56 Å². The lowest BCUT2D eigenvalue weighted by Crippen LogP contribution is -2.53. The monoisotopic (exact) mass is 337 g/mol. The van der Waals surface area contributed by atoms with E-state index in [9.17, 15) is 9.59 Å². The van der Waals surface area contributed by atoms with Gasteiger partial charge in [0.05, 0.1) is 5.56 Å². The summed E-state index contributed by atoms with van der Waals surface area (Å²) in [7, 11) is 0. The van der Waals surface area contributed by atoms with Crippen LogP contribution in [0.5, 0.6) is 0 Å². The fraction of sp³-hybridized carbons (Fsp3) is 0.400. The van der Waals surface area contributed by atoms with Gasteiger partial charge in [-0.1, -0.05) is 24.3 Å². The molecule has 5 heteroatoms. The van der Waals surface area contributed by atoms with E-state index in [-0.39, 0.29) is 11.5 Å². The van der Waals surface area contributed by atoms with Gasteiger partial charge in [0, 0.05) is 44.5 Å². The molecule has 1 saturated heterocycles. The fourth-order valence-corrected chi connectivity index (χ4v) is 4.01. The number of hydrogen-bond acceptors (Lipinski definition) is 3. The molecule has 1 aliphatic carbocycles. The number of aromatic nitrogens is 1. The molecule has 0 radical (unpaired) electrons. The first-order valence-electron chi connectivity index (χ1n) is 8.99. The zero-order valence-electron chi connectivity index (χ0n) is 14.3. The van der Waals surface area contributed by atoms with Gasteiger partial charge in [-0.05, 0) is 36.5 Å². The van der Waals surface area contributed by atoms with Gasteiger partial charge in [-0.3, -0.25) is 14.5 Å². The molecule has 1 aromatic heterocycles. The van der Waals surface area contributed by atoms with E-state index >= 15 is 0 Å².